The fraction of sp³-hybridized carbons (Fsp3) is 0.780. The van der Waals surface area contributed by atoms with Crippen LogP contribution in [-0.2, 0) is 23.7 Å². The second kappa shape index (κ2) is 36.8. The highest BCUT2D eigenvalue weighted by atomic mass is 16.7. The molecule has 2 aliphatic heterocycles. The summed E-state index contributed by atoms with van der Waals surface area (Å²) in [7, 11) is 0. The second-order valence-corrected chi connectivity index (χ2v) is 17.2. The van der Waals surface area contributed by atoms with E-state index >= 15 is 0 Å². The molecule has 12 unspecified atom stereocenters. The van der Waals surface area contributed by atoms with Gasteiger partial charge in [0.15, 0.2) is 12.6 Å². The summed E-state index contributed by atoms with van der Waals surface area (Å²) < 4.78 is 22.7. The monoisotopic (exact) mass is 910 g/mol. The number of rotatable bonds is 36. The summed E-state index contributed by atoms with van der Waals surface area (Å²) in [5.41, 5.74) is 0. The van der Waals surface area contributed by atoms with Crippen LogP contribution in [0.5, 0.6) is 0 Å². The molecule has 1 amide bonds. The minimum absolute atomic E-state index is 0.0700. The Morgan fingerprint density at radius 1 is 0.562 bits per heavy atom. The summed E-state index contributed by atoms with van der Waals surface area (Å²) in [5, 5.41) is 86.7. The van der Waals surface area contributed by atoms with Crippen molar-refractivity contribution in [1.29, 1.82) is 0 Å². The normalized spacial score (nSPS) is 27.8. The zero-order valence-corrected chi connectivity index (χ0v) is 39.0. The Balaban J connectivity index is 1.90. The highest BCUT2D eigenvalue weighted by molar-refractivity contribution is 5.77. The number of carbonyl (C=O) groups excluding carboxylic acids is 1. The van der Waals surface area contributed by atoms with Gasteiger partial charge in [0.2, 0.25) is 5.91 Å². The summed E-state index contributed by atoms with van der Waals surface area (Å²) in [6, 6.07) is -0.884. The lowest BCUT2D eigenvalue weighted by atomic mass is 9.97. The molecule has 370 valence electrons. The molecule has 64 heavy (non-hydrogen) atoms. The number of ether oxygens (including phenoxy) is 4. The number of aliphatic hydroxyl groups is 8. The molecule has 2 heterocycles. The maximum absolute atomic E-state index is 13.1. The van der Waals surface area contributed by atoms with Crippen LogP contribution < -0.4 is 5.32 Å². The van der Waals surface area contributed by atoms with Gasteiger partial charge in [0.05, 0.1) is 32.0 Å². The van der Waals surface area contributed by atoms with Crippen molar-refractivity contribution in [2.75, 3.05) is 19.8 Å². The number of allylic oxidation sites excluding steroid dienone is 9. The maximum atomic E-state index is 13.1. The van der Waals surface area contributed by atoms with Crippen molar-refractivity contribution in [2.24, 2.45) is 0 Å². The van der Waals surface area contributed by atoms with Crippen molar-refractivity contribution in [1.82, 2.24) is 5.32 Å². The maximum Gasteiger partial charge on any atom is 0.224 e. The SMILES string of the molecule is CC/C=C\C/C=C\C/C=C\C/C=C\C/C=C\CC(=O)NC(COC1OC(CO)C(OC2OC(CO)C(O)C(O)C2O)C(O)C1O)C(O)CCCCCCCCCCCCCCCCC. The van der Waals surface area contributed by atoms with E-state index in [0.717, 1.165) is 51.4 Å². The van der Waals surface area contributed by atoms with Crippen LogP contribution in [0.1, 0.15) is 155 Å². The first-order chi connectivity index (χ1) is 31.1. The van der Waals surface area contributed by atoms with Crippen molar-refractivity contribution in [3.8, 4) is 0 Å². The predicted octanol–water partition coefficient (Wildman–Crippen LogP) is 5.88. The fourth-order valence-corrected chi connectivity index (χ4v) is 7.77. The van der Waals surface area contributed by atoms with Gasteiger partial charge in [-0.25, -0.2) is 0 Å². The molecule has 0 saturated carbocycles. The van der Waals surface area contributed by atoms with Gasteiger partial charge in [-0.1, -0.05) is 171 Å². The number of hydrogen-bond donors (Lipinski definition) is 9. The van der Waals surface area contributed by atoms with Gasteiger partial charge in [0.1, 0.15) is 48.8 Å². The smallest absolute Gasteiger partial charge is 0.224 e. The number of nitrogens with one attached hydrogen (secondary N) is 1. The lowest BCUT2D eigenvalue weighted by molar-refractivity contribution is -0.359. The first kappa shape index (κ1) is 57.8. The number of hydrogen-bond acceptors (Lipinski definition) is 13. The van der Waals surface area contributed by atoms with Crippen LogP contribution in [0.25, 0.3) is 0 Å². The Morgan fingerprint density at radius 3 is 1.52 bits per heavy atom. The summed E-state index contributed by atoms with van der Waals surface area (Å²) in [4.78, 5) is 13.1. The number of carbonyl (C=O) groups is 1. The van der Waals surface area contributed by atoms with Crippen LogP contribution in [0.2, 0.25) is 0 Å². The largest absolute Gasteiger partial charge is 0.394 e. The molecule has 0 aliphatic carbocycles. The molecule has 0 aromatic rings. The summed E-state index contributed by atoms with van der Waals surface area (Å²) in [6.45, 7) is 2.65. The third kappa shape index (κ3) is 23.9. The molecule has 14 heteroatoms. The van der Waals surface area contributed by atoms with Crippen LogP contribution >= 0.6 is 0 Å². The molecule has 14 nitrogen and oxygen atoms in total. The summed E-state index contributed by atoms with van der Waals surface area (Å²) >= 11 is 0. The third-order valence-corrected chi connectivity index (χ3v) is 11.8. The Bertz CT molecular complexity index is 1310. The topological polar surface area (TPSA) is 228 Å². The lowest BCUT2D eigenvalue weighted by Crippen LogP contribution is -2.65. The van der Waals surface area contributed by atoms with Crippen molar-refractivity contribution in [2.45, 2.75) is 229 Å². The van der Waals surface area contributed by atoms with E-state index in [1.54, 1.807) is 6.08 Å². The summed E-state index contributed by atoms with van der Waals surface area (Å²) in [6.07, 6.45) is 26.8. The van der Waals surface area contributed by atoms with Crippen molar-refractivity contribution in [3.63, 3.8) is 0 Å². The molecular formula is C50H87NO13. The molecule has 12 atom stereocenters. The van der Waals surface area contributed by atoms with E-state index < -0.39 is 86.8 Å². The fourth-order valence-electron chi connectivity index (χ4n) is 7.77. The van der Waals surface area contributed by atoms with Crippen LogP contribution in [0.3, 0.4) is 0 Å². The van der Waals surface area contributed by atoms with E-state index in [9.17, 15) is 45.6 Å². The van der Waals surface area contributed by atoms with E-state index in [2.05, 4.69) is 61.7 Å². The van der Waals surface area contributed by atoms with Crippen molar-refractivity contribution >= 4 is 5.91 Å². The van der Waals surface area contributed by atoms with Crippen LogP contribution in [0.4, 0.5) is 0 Å². The van der Waals surface area contributed by atoms with E-state index in [0.29, 0.717) is 12.8 Å². The molecule has 0 aromatic heterocycles. The second-order valence-electron chi connectivity index (χ2n) is 17.2. The zero-order valence-electron chi connectivity index (χ0n) is 39.0. The predicted molar refractivity (Wildman–Crippen MR) is 249 cm³/mol. The van der Waals surface area contributed by atoms with Crippen molar-refractivity contribution < 1.29 is 64.6 Å². The first-order valence-corrected chi connectivity index (χ1v) is 24.5. The third-order valence-electron chi connectivity index (χ3n) is 11.8. The molecule has 2 rings (SSSR count). The lowest BCUT2D eigenvalue weighted by Gasteiger charge is -2.46. The van der Waals surface area contributed by atoms with Crippen LogP contribution in [-0.4, -0.2) is 140 Å². The zero-order chi connectivity index (χ0) is 46.8. The van der Waals surface area contributed by atoms with Gasteiger partial charge in [-0.05, 0) is 38.5 Å². The average molecular weight is 910 g/mol. The van der Waals surface area contributed by atoms with Gasteiger partial charge < -0.3 is 65.1 Å². The minimum Gasteiger partial charge on any atom is -0.394 e. The van der Waals surface area contributed by atoms with E-state index in [1.807, 2.05) is 12.2 Å². The molecule has 2 fully saturated rings. The first-order valence-electron chi connectivity index (χ1n) is 24.5. The number of unbranched alkanes of at least 4 members (excludes halogenated alkanes) is 14. The highest BCUT2D eigenvalue weighted by Crippen LogP contribution is 2.30. The van der Waals surface area contributed by atoms with Gasteiger partial charge in [0, 0.05) is 6.42 Å². The number of aliphatic hydroxyl groups excluding tert-OH is 8. The van der Waals surface area contributed by atoms with Crippen molar-refractivity contribution in [3.05, 3.63) is 60.8 Å². The quantitative estimate of drug-likeness (QED) is 0.0265. The average Bonchev–Trinajstić information content (AvgIpc) is 3.29. The Labute approximate surface area is 384 Å². The molecule has 0 spiro atoms. The molecule has 2 saturated heterocycles. The molecular weight excluding hydrogens is 823 g/mol. The number of amides is 1. The Kier molecular flexibility index (Phi) is 33.2. The van der Waals surface area contributed by atoms with Gasteiger partial charge in [-0.2, -0.15) is 0 Å². The molecule has 0 bridgehead atoms. The van der Waals surface area contributed by atoms with Gasteiger partial charge in [0.25, 0.3) is 0 Å². The van der Waals surface area contributed by atoms with Gasteiger partial charge >= 0.3 is 0 Å². The molecule has 9 N–H and O–H groups in total. The molecule has 2 aliphatic rings. The minimum atomic E-state index is -1.79. The van der Waals surface area contributed by atoms with Gasteiger partial charge in [-0.15, -0.1) is 0 Å². The van der Waals surface area contributed by atoms with E-state index in [1.165, 1.54) is 70.6 Å². The molecule has 0 radical (unpaired) electrons. The Morgan fingerprint density at radius 2 is 1.02 bits per heavy atom. The highest BCUT2D eigenvalue weighted by Gasteiger charge is 2.51. The Hall–Kier alpha value is -2.31. The van der Waals surface area contributed by atoms with E-state index in [-0.39, 0.29) is 18.9 Å². The van der Waals surface area contributed by atoms with Crippen LogP contribution in [0, 0.1) is 0 Å². The standard InChI is InChI=1S/C50H87NO13/c1-3-5-7-9-11-13-15-17-19-21-23-25-27-29-31-33-39(54)38(51-42(55)34-32-30-28-26-24-22-20-18-16-14-12-10-8-6-4-2)37-61-49-47(60)45(58)48(41(36-53)63-49)64-50-46(59)44(57)43(56)40(35-52)62-50/h6,8,12,14,18,20,24,26,30,32,38-41,43-50,52-54,56-60H,3-5,7,9-11,13,15-17,19,21-23,25,27-29,31,33-37H2,1-2H3,(H,51,55)/b8-6-,14-12-,20-18-,26-24-,32-30-. The van der Waals surface area contributed by atoms with Gasteiger partial charge in [-0.3, -0.25) is 4.79 Å². The molecule has 0 aromatic carbocycles. The van der Waals surface area contributed by atoms with E-state index in [4.69, 9.17) is 18.9 Å². The van der Waals surface area contributed by atoms with Crippen LogP contribution in [0.15, 0.2) is 60.8 Å². The summed E-state index contributed by atoms with van der Waals surface area (Å²) in [5.74, 6) is -0.336.